The third kappa shape index (κ3) is 5.49. The molecule has 0 unspecified atom stereocenters. The Morgan fingerprint density at radius 1 is 0.311 bits per heavy atom. The summed E-state index contributed by atoms with van der Waals surface area (Å²) in [4.78, 5) is 0. The van der Waals surface area contributed by atoms with Crippen molar-refractivity contribution in [2.75, 3.05) is 0 Å². The van der Waals surface area contributed by atoms with Gasteiger partial charge < -0.3 is 4.57 Å². The van der Waals surface area contributed by atoms with Crippen molar-refractivity contribution in [2.45, 2.75) is 0 Å². The summed E-state index contributed by atoms with van der Waals surface area (Å²) in [5.74, 6) is 0. The number of nitriles is 1. The Kier molecular flexibility index (Phi) is 7.95. The zero-order valence-electron chi connectivity index (χ0n) is 33.2. The summed E-state index contributed by atoms with van der Waals surface area (Å²) in [5.41, 5.74) is 16.0. The smallest absolute Gasteiger partial charge is 0.0998 e. The van der Waals surface area contributed by atoms with Crippen LogP contribution in [0.15, 0.2) is 218 Å². The van der Waals surface area contributed by atoms with Crippen LogP contribution in [0.4, 0.5) is 0 Å². The molecule has 2 heteroatoms. The monoisotopic (exact) mass is 772 g/mol. The number of benzene rings is 11. The summed E-state index contributed by atoms with van der Waals surface area (Å²) >= 11 is 0. The molecule has 0 spiro atoms. The van der Waals surface area contributed by atoms with Gasteiger partial charge in [-0.3, -0.25) is 0 Å². The molecule has 0 bridgehead atoms. The SMILES string of the molecule is N#Cc1ccc2c3c1ccc1c(-c4ccc5c(-c6ccc(-c7ccccc7)cc6)c6ccccc6c(-c6ccc(-c7ccccc7)cc6)c5c4)ccc(c13)n2-c1ccccc1. The number of hydrogen-bond acceptors (Lipinski definition) is 1. The van der Waals surface area contributed by atoms with Gasteiger partial charge >= 0.3 is 0 Å². The van der Waals surface area contributed by atoms with Crippen LogP contribution in [0, 0.1) is 11.3 Å². The van der Waals surface area contributed by atoms with Gasteiger partial charge in [0.1, 0.15) is 0 Å². The number of para-hydroxylation sites is 1. The topological polar surface area (TPSA) is 28.7 Å². The van der Waals surface area contributed by atoms with Crippen LogP contribution < -0.4 is 0 Å². The minimum Gasteiger partial charge on any atom is -0.309 e. The second-order valence-corrected chi connectivity index (χ2v) is 15.9. The molecule has 0 saturated carbocycles. The van der Waals surface area contributed by atoms with E-state index in [0.717, 1.165) is 38.6 Å². The fourth-order valence-electron chi connectivity index (χ4n) is 9.85. The van der Waals surface area contributed by atoms with Crippen molar-refractivity contribution >= 4 is 54.1 Å². The highest BCUT2D eigenvalue weighted by Crippen LogP contribution is 2.48. The fraction of sp³-hybridized carbons (Fsp3) is 0. The lowest BCUT2D eigenvalue weighted by atomic mass is 9.84. The third-order valence-electron chi connectivity index (χ3n) is 12.6. The number of aromatic nitrogens is 1. The van der Waals surface area contributed by atoms with E-state index in [0.29, 0.717) is 5.56 Å². The summed E-state index contributed by atoms with van der Waals surface area (Å²) in [7, 11) is 0. The molecule has 11 aromatic carbocycles. The molecule has 0 fully saturated rings. The average Bonchev–Trinajstić information content (AvgIpc) is 3.68. The van der Waals surface area contributed by atoms with Crippen LogP contribution in [0.2, 0.25) is 0 Å². The molecule has 0 atom stereocenters. The van der Waals surface area contributed by atoms with Crippen LogP contribution in [0.25, 0.3) is 115 Å². The van der Waals surface area contributed by atoms with E-state index in [2.05, 4.69) is 223 Å². The normalized spacial score (nSPS) is 11.6. The Morgan fingerprint density at radius 2 is 0.738 bits per heavy atom. The number of nitrogens with zero attached hydrogens (tertiary/aromatic N) is 2. The molecule has 0 aliphatic rings. The van der Waals surface area contributed by atoms with Crippen molar-refractivity contribution in [1.29, 1.82) is 5.26 Å². The maximum Gasteiger partial charge on any atom is 0.0998 e. The molecule has 0 saturated heterocycles. The molecular formula is C59H36N2. The minimum absolute atomic E-state index is 0.691. The second-order valence-electron chi connectivity index (χ2n) is 15.9. The van der Waals surface area contributed by atoms with Crippen LogP contribution >= 0.6 is 0 Å². The lowest BCUT2D eigenvalue weighted by Crippen LogP contribution is -1.93. The third-order valence-corrected chi connectivity index (χ3v) is 12.6. The van der Waals surface area contributed by atoms with Gasteiger partial charge in [0, 0.05) is 21.8 Å². The van der Waals surface area contributed by atoms with E-state index in [1.807, 2.05) is 6.07 Å². The van der Waals surface area contributed by atoms with E-state index >= 15 is 0 Å². The predicted molar refractivity (Wildman–Crippen MR) is 256 cm³/mol. The summed E-state index contributed by atoms with van der Waals surface area (Å²) in [6.45, 7) is 0. The van der Waals surface area contributed by atoms with Crippen molar-refractivity contribution in [3.05, 3.63) is 224 Å². The van der Waals surface area contributed by atoms with E-state index in [-0.39, 0.29) is 0 Å². The summed E-state index contributed by atoms with van der Waals surface area (Å²) < 4.78 is 2.34. The first kappa shape index (κ1) is 34.8. The molecule has 282 valence electrons. The zero-order chi connectivity index (χ0) is 40.4. The van der Waals surface area contributed by atoms with E-state index < -0.39 is 0 Å². The van der Waals surface area contributed by atoms with Gasteiger partial charge in [0.2, 0.25) is 0 Å². The largest absolute Gasteiger partial charge is 0.309 e. The highest BCUT2D eigenvalue weighted by molar-refractivity contribution is 6.28. The first-order valence-electron chi connectivity index (χ1n) is 20.8. The highest BCUT2D eigenvalue weighted by Gasteiger charge is 2.22. The van der Waals surface area contributed by atoms with Crippen LogP contribution in [0.3, 0.4) is 0 Å². The molecular weight excluding hydrogens is 737 g/mol. The van der Waals surface area contributed by atoms with Gasteiger partial charge in [0.15, 0.2) is 0 Å². The Labute approximate surface area is 353 Å². The van der Waals surface area contributed by atoms with Gasteiger partial charge in [-0.2, -0.15) is 5.26 Å². The van der Waals surface area contributed by atoms with Crippen molar-refractivity contribution < 1.29 is 0 Å². The molecule has 1 aromatic heterocycles. The Hall–Kier alpha value is -8.25. The predicted octanol–water partition coefficient (Wildman–Crippen LogP) is 15.9. The van der Waals surface area contributed by atoms with E-state index in [1.54, 1.807) is 0 Å². The van der Waals surface area contributed by atoms with Crippen LogP contribution in [0.1, 0.15) is 5.56 Å². The van der Waals surface area contributed by atoms with Gasteiger partial charge in [-0.25, -0.2) is 0 Å². The molecule has 0 radical (unpaired) electrons. The van der Waals surface area contributed by atoms with Crippen LogP contribution in [-0.4, -0.2) is 4.57 Å². The van der Waals surface area contributed by atoms with E-state index in [1.165, 1.54) is 76.8 Å². The zero-order valence-corrected chi connectivity index (χ0v) is 33.2. The van der Waals surface area contributed by atoms with Gasteiger partial charge in [-0.05, 0) is 119 Å². The van der Waals surface area contributed by atoms with Crippen molar-refractivity contribution in [3.8, 4) is 67.4 Å². The van der Waals surface area contributed by atoms with Gasteiger partial charge in [-0.1, -0.05) is 182 Å². The van der Waals surface area contributed by atoms with Crippen molar-refractivity contribution in [3.63, 3.8) is 0 Å². The van der Waals surface area contributed by atoms with Gasteiger partial charge in [0.05, 0.1) is 22.7 Å². The van der Waals surface area contributed by atoms with E-state index in [4.69, 9.17) is 0 Å². The Balaban J connectivity index is 1.13. The number of rotatable bonds is 6. The van der Waals surface area contributed by atoms with Gasteiger partial charge in [0.25, 0.3) is 0 Å². The Morgan fingerprint density at radius 3 is 1.33 bits per heavy atom. The second kappa shape index (κ2) is 13.9. The maximum absolute atomic E-state index is 10.2. The van der Waals surface area contributed by atoms with Gasteiger partial charge in [-0.15, -0.1) is 0 Å². The lowest BCUT2D eigenvalue weighted by molar-refractivity contribution is 1.18. The first-order valence-corrected chi connectivity index (χ1v) is 20.8. The molecule has 0 aliphatic heterocycles. The van der Waals surface area contributed by atoms with Crippen molar-refractivity contribution in [1.82, 2.24) is 4.57 Å². The highest BCUT2D eigenvalue weighted by atomic mass is 15.0. The molecule has 1 heterocycles. The minimum atomic E-state index is 0.691. The Bertz CT molecular complexity index is 3650. The van der Waals surface area contributed by atoms with Crippen molar-refractivity contribution in [2.24, 2.45) is 0 Å². The average molecular weight is 773 g/mol. The quantitative estimate of drug-likeness (QED) is 0.122. The standard InChI is InChI=1S/C59H36N2/c60-37-45-29-34-54-58-48(45)31-32-51-47(33-35-55(59(51)58)61(54)46-16-8-3-9-17-46)44-28-30-52-53(36-44)57(43-26-22-41(23-27-43)39-14-6-2-7-15-39)50-19-11-10-18-49(50)56(52)42-24-20-40(21-25-42)38-12-4-1-5-13-38/h1-36H. The number of hydrogen-bond donors (Lipinski definition) is 0. The summed E-state index contributed by atoms with van der Waals surface area (Å²) in [6, 6.07) is 81.3. The molecule has 0 N–H and O–H groups in total. The molecule has 12 rings (SSSR count). The fourth-order valence-corrected chi connectivity index (χ4v) is 9.85. The molecule has 12 aromatic rings. The van der Waals surface area contributed by atoms with E-state index in [9.17, 15) is 5.26 Å². The summed E-state index contributed by atoms with van der Waals surface area (Å²) in [6.07, 6.45) is 0. The van der Waals surface area contributed by atoms with Crippen LogP contribution in [0.5, 0.6) is 0 Å². The molecule has 2 nitrogen and oxygen atoms in total. The lowest BCUT2D eigenvalue weighted by Gasteiger charge is -2.19. The maximum atomic E-state index is 10.2. The first-order chi connectivity index (χ1) is 30.2. The van der Waals surface area contributed by atoms with Crippen LogP contribution in [-0.2, 0) is 0 Å². The summed E-state index contributed by atoms with van der Waals surface area (Å²) in [5, 5.41) is 19.5. The molecule has 0 aliphatic carbocycles. The number of fused-ring (bicyclic) bond motifs is 2. The molecule has 0 amide bonds. The molecule has 61 heavy (non-hydrogen) atoms.